The van der Waals surface area contributed by atoms with Crippen molar-refractivity contribution in [2.75, 3.05) is 12.4 Å². The molecule has 9 heavy (non-hydrogen) atoms. The zero-order valence-corrected chi connectivity index (χ0v) is 6.66. The minimum Gasteiger partial charge on any atom is -0.284 e. The summed E-state index contributed by atoms with van der Waals surface area (Å²) in [4.78, 5) is 0. The molecule has 0 fully saturated rings. The summed E-state index contributed by atoms with van der Waals surface area (Å²) in [7, 11) is 0. The van der Waals surface area contributed by atoms with E-state index in [9.17, 15) is 4.21 Å². The van der Waals surface area contributed by atoms with E-state index in [0.717, 1.165) is 18.6 Å². The summed E-state index contributed by atoms with van der Waals surface area (Å²) in [6.07, 6.45) is 1.70. The topological polar surface area (TPSA) is 46.5 Å². The monoisotopic (exact) mass is 170 g/mol. The van der Waals surface area contributed by atoms with Crippen molar-refractivity contribution in [2.24, 2.45) is 0 Å². The first kappa shape index (κ1) is 9.42. The summed E-state index contributed by atoms with van der Waals surface area (Å²) >= 11 is 1.86. The summed E-state index contributed by atoms with van der Waals surface area (Å²) in [5.41, 5.74) is 0. The molecule has 0 aliphatic carbocycles. The Morgan fingerprint density at radius 1 is 1.56 bits per heavy atom. The molecule has 0 heterocycles. The van der Waals surface area contributed by atoms with Crippen LogP contribution in [-0.4, -0.2) is 21.1 Å². The van der Waals surface area contributed by atoms with E-state index >= 15 is 0 Å². The van der Waals surface area contributed by atoms with Gasteiger partial charge >= 0.3 is 11.4 Å². The van der Waals surface area contributed by atoms with Gasteiger partial charge in [0.2, 0.25) is 0 Å². The highest BCUT2D eigenvalue weighted by Gasteiger charge is 1.90. The molecule has 0 spiro atoms. The van der Waals surface area contributed by atoms with Crippen molar-refractivity contribution in [2.45, 2.75) is 12.8 Å². The Kier molecular flexibility index (Phi) is 6.84. The van der Waals surface area contributed by atoms with Crippen LogP contribution in [0, 0.1) is 0 Å². The Hall–Kier alpha value is 0.420. The third kappa shape index (κ3) is 8.42. The molecular weight excluding hydrogens is 160 g/mol. The fourth-order valence-corrected chi connectivity index (χ4v) is 0.828. The average molecular weight is 170 g/mol. The van der Waals surface area contributed by atoms with Gasteiger partial charge in [0, 0.05) is 0 Å². The summed E-state index contributed by atoms with van der Waals surface area (Å²) in [5, 5.41) is 0. The van der Waals surface area contributed by atoms with E-state index < -0.39 is 11.4 Å². The molecule has 0 rings (SSSR count). The Bertz CT molecular complexity index is 85.9. The lowest BCUT2D eigenvalue weighted by Crippen LogP contribution is -1.97. The molecule has 0 amide bonds. The molecule has 0 aromatic carbocycles. The molecule has 0 saturated heterocycles. The van der Waals surface area contributed by atoms with Gasteiger partial charge < -0.3 is 0 Å². The fraction of sp³-hybridized carbons (Fsp3) is 1.00. The Morgan fingerprint density at radius 2 is 2.22 bits per heavy atom. The van der Waals surface area contributed by atoms with E-state index in [4.69, 9.17) is 4.55 Å². The zero-order valence-electron chi connectivity index (χ0n) is 4.95. The molecule has 0 aliphatic rings. The highest BCUT2D eigenvalue weighted by Crippen LogP contribution is 1.92. The zero-order chi connectivity index (χ0) is 7.11. The summed E-state index contributed by atoms with van der Waals surface area (Å²) in [5.74, 6) is 0.793. The van der Waals surface area contributed by atoms with Crippen molar-refractivity contribution >= 4 is 24.0 Å². The molecule has 1 atom stereocenters. The van der Waals surface area contributed by atoms with Gasteiger partial charge in [-0.25, -0.2) is 0 Å². The first-order valence-corrected chi connectivity index (χ1v) is 4.29. The lowest BCUT2D eigenvalue weighted by molar-refractivity contribution is 0.301. The Labute approximate surface area is 62.7 Å². The summed E-state index contributed by atoms with van der Waals surface area (Å²) < 4.78 is 22.3. The second-order valence-electron chi connectivity index (χ2n) is 1.47. The van der Waals surface area contributed by atoms with Crippen LogP contribution in [0.15, 0.2) is 0 Å². The predicted octanol–water partition coefficient (Wildman–Crippen LogP) is 0.850. The van der Waals surface area contributed by atoms with Crippen LogP contribution in [0.5, 0.6) is 0 Å². The van der Waals surface area contributed by atoms with Crippen LogP contribution >= 0.6 is 12.6 Å². The average Bonchev–Trinajstić information content (AvgIpc) is 1.80. The fourth-order valence-electron chi connectivity index (χ4n) is 0.344. The molecule has 0 saturated carbocycles. The van der Waals surface area contributed by atoms with Gasteiger partial charge in [-0.1, -0.05) is 0 Å². The Balaban J connectivity index is 2.83. The van der Waals surface area contributed by atoms with Crippen molar-refractivity contribution in [3.8, 4) is 0 Å². The maximum Gasteiger partial charge on any atom is 0.301 e. The van der Waals surface area contributed by atoms with Crippen LogP contribution in [0.4, 0.5) is 0 Å². The van der Waals surface area contributed by atoms with Crippen LogP contribution in [0.3, 0.4) is 0 Å². The van der Waals surface area contributed by atoms with Crippen molar-refractivity contribution < 1.29 is 12.9 Å². The van der Waals surface area contributed by atoms with Crippen molar-refractivity contribution in [3.63, 3.8) is 0 Å². The van der Waals surface area contributed by atoms with Gasteiger partial charge in [0.15, 0.2) is 0 Å². The predicted molar refractivity (Wildman–Crippen MR) is 39.8 cm³/mol. The maximum absolute atomic E-state index is 9.83. The number of hydrogen-bond donors (Lipinski definition) is 2. The molecule has 56 valence electrons. The van der Waals surface area contributed by atoms with E-state index in [-0.39, 0.29) is 0 Å². The van der Waals surface area contributed by atoms with Crippen LogP contribution in [0.2, 0.25) is 0 Å². The van der Waals surface area contributed by atoms with Crippen molar-refractivity contribution in [1.29, 1.82) is 0 Å². The molecular formula is C4H10O3S2. The first-order chi connectivity index (χ1) is 4.27. The van der Waals surface area contributed by atoms with E-state index in [1.165, 1.54) is 0 Å². The SMILES string of the molecule is O=S(O)OCCCCS. The van der Waals surface area contributed by atoms with Crippen LogP contribution in [0.1, 0.15) is 12.8 Å². The van der Waals surface area contributed by atoms with E-state index in [0.29, 0.717) is 6.61 Å². The van der Waals surface area contributed by atoms with Gasteiger partial charge in [-0.05, 0) is 18.6 Å². The molecule has 0 aromatic rings. The number of rotatable bonds is 5. The van der Waals surface area contributed by atoms with Crippen LogP contribution in [-0.2, 0) is 15.5 Å². The molecule has 5 heteroatoms. The highest BCUT2D eigenvalue weighted by molar-refractivity contribution is 7.80. The van der Waals surface area contributed by atoms with Crippen LogP contribution in [0.25, 0.3) is 0 Å². The molecule has 3 nitrogen and oxygen atoms in total. The third-order valence-corrected chi connectivity index (χ3v) is 1.42. The minimum absolute atomic E-state index is 0.337. The molecule has 0 radical (unpaired) electrons. The van der Waals surface area contributed by atoms with E-state index in [1.807, 2.05) is 0 Å². The molecule has 0 aromatic heterocycles. The van der Waals surface area contributed by atoms with Gasteiger partial charge in [-0.15, -0.1) is 0 Å². The quantitative estimate of drug-likeness (QED) is 0.365. The van der Waals surface area contributed by atoms with Gasteiger partial charge in [0.25, 0.3) is 0 Å². The van der Waals surface area contributed by atoms with E-state index in [2.05, 4.69) is 16.8 Å². The Morgan fingerprint density at radius 3 is 2.67 bits per heavy atom. The summed E-state index contributed by atoms with van der Waals surface area (Å²) in [6.45, 7) is 0.337. The second-order valence-corrected chi connectivity index (χ2v) is 2.59. The third-order valence-electron chi connectivity index (χ3n) is 0.737. The largest absolute Gasteiger partial charge is 0.301 e. The van der Waals surface area contributed by atoms with E-state index in [1.54, 1.807) is 0 Å². The standard InChI is InChI=1S/C4H10O3S2/c5-9(6)7-3-1-2-4-8/h8H,1-4H2,(H,5,6). The maximum atomic E-state index is 9.83. The van der Waals surface area contributed by atoms with Crippen LogP contribution < -0.4 is 0 Å². The van der Waals surface area contributed by atoms with Gasteiger partial charge in [0.1, 0.15) is 0 Å². The van der Waals surface area contributed by atoms with Crippen molar-refractivity contribution in [1.82, 2.24) is 0 Å². The van der Waals surface area contributed by atoms with Gasteiger partial charge in [-0.2, -0.15) is 16.8 Å². The molecule has 0 bridgehead atoms. The smallest absolute Gasteiger partial charge is 0.284 e. The first-order valence-electron chi connectivity index (χ1n) is 2.62. The molecule has 0 aliphatic heterocycles. The normalized spacial score (nSPS) is 13.6. The lowest BCUT2D eigenvalue weighted by atomic mass is 10.4. The number of thiol groups is 1. The minimum atomic E-state index is -2.09. The van der Waals surface area contributed by atoms with Gasteiger partial charge in [0.05, 0.1) is 6.61 Å². The second kappa shape index (κ2) is 6.54. The number of unbranched alkanes of at least 4 members (excludes halogenated alkanes) is 1. The van der Waals surface area contributed by atoms with Gasteiger partial charge in [-0.3, -0.25) is 8.74 Å². The summed E-state index contributed by atoms with van der Waals surface area (Å²) in [6, 6.07) is 0. The highest BCUT2D eigenvalue weighted by atomic mass is 32.2. The molecule has 1 unspecified atom stereocenters. The lowest BCUT2D eigenvalue weighted by Gasteiger charge is -1.94. The number of hydrogen-bond acceptors (Lipinski definition) is 3. The molecule has 1 N–H and O–H groups in total. The van der Waals surface area contributed by atoms with Crippen molar-refractivity contribution in [3.05, 3.63) is 0 Å².